The summed E-state index contributed by atoms with van der Waals surface area (Å²) in [4.78, 5) is 37.8. The molecule has 0 heterocycles. The highest BCUT2D eigenvalue weighted by Gasteiger charge is 2.25. The summed E-state index contributed by atoms with van der Waals surface area (Å²) in [6.45, 7) is -0.540. The molecule has 39 heavy (non-hydrogen) atoms. The zero-order chi connectivity index (χ0) is 28.4. The van der Waals surface area contributed by atoms with Gasteiger partial charge < -0.3 is 20.1 Å². The number of thioether (sulfide) groups is 1. The molecular formula is C26H21Cl5N2O5S. The average molecular weight is 651 g/mol. The van der Waals surface area contributed by atoms with E-state index in [0.29, 0.717) is 5.75 Å². The third-order valence-electron chi connectivity index (χ3n) is 5.01. The van der Waals surface area contributed by atoms with Gasteiger partial charge in [0.15, 0.2) is 5.75 Å². The molecule has 0 radical (unpaired) electrons. The third kappa shape index (κ3) is 9.38. The zero-order valence-electron chi connectivity index (χ0n) is 20.0. The van der Waals surface area contributed by atoms with E-state index in [1.807, 2.05) is 48.5 Å². The number of carbonyl (C=O) groups is 3. The van der Waals surface area contributed by atoms with Crippen LogP contribution < -0.4 is 15.4 Å². The first-order valence-corrected chi connectivity index (χ1v) is 14.3. The summed E-state index contributed by atoms with van der Waals surface area (Å²) in [5, 5.41) is 4.17. The molecule has 2 N–H and O–H groups in total. The van der Waals surface area contributed by atoms with Crippen LogP contribution in [0.3, 0.4) is 0 Å². The number of hydrogen-bond donors (Lipinski definition) is 2. The van der Waals surface area contributed by atoms with Crippen molar-refractivity contribution in [3.05, 3.63) is 96.9 Å². The summed E-state index contributed by atoms with van der Waals surface area (Å²) in [5.41, 5.74) is 1.83. The van der Waals surface area contributed by atoms with Crippen LogP contribution in [0.4, 0.5) is 4.79 Å². The number of carbonyl (C=O) groups excluding carboxylic acids is 3. The second-order valence-corrected chi connectivity index (χ2v) is 10.8. The summed E-state index contributed by atoms with van der Waals surface area (Å²) in [6.07, 6.45) is -0.786. The number of benzene rings is 3. The van der Waals surface area contributed by atoms with Gasteiger partial charge in [-0.25, -0.2) is 9.59 Å². The molecule has 7 nitrogen and oxygen atoms in total. The number of hydrogen-bond acceptors (Lipinski definition) is 6. The molecule has 2 amide bonds. The first-order chi connectivity index (χ1) is 18.7. The molecule has 0 unspecified atom stereocenters. The number of ether oxygens (including phenoxy) is 2. The smallest absolute Gasteiger partial charge is 0.408 e. The molecule has 0 saturated carbocycles. The van der Waals surface area contributed by atoms with Gasteiger partial charge in [-0.1, -0.05) is 119 Å². The highest BCUT2D eigenvalue weighted by atomic mass is 35.5. The Morgan fingerprint density at radius 3 is 1.90 bits per heavy atom. The lowest BCUT2D eigenvalue weighted by molar-refractivity contribution is -0.135. The minimum atomic E-state index is -1.01. The molecule has 13 heteroatoms. The van der Waals surface area contributed by atoms with Crippen LogP contribution in [0.5, 0.6) is 5.75 Å². The maximum absolute atomic E-state index is 12.9. The van der Waals surface area contributed by atoms with Gasteiger partial charge in [0.1, 0.15) is 29.2 Å². The van der Waals surface area contributed by atoms with Crippen molar-refractivity contribution in [2.75, 3.05) is 12.3 Å². The van der Waals surface area contributed by atoms with Gasteiger partial charge in [-0.15, -0.1) is 0 Å². The summed E-state index contributed by atoms with van der Waals surface area (Å²) >= 11 is 31.5. The van der Waals surface area contributed by atoms with Crippen molar-refractivity contribution in [3.63, 3.8) is 0 Å². The molecule has 0 spiro atoms. The summed E-state index contributed by atoms with van der Waals surface area (Å²) in [5.74, 6) is -1.04. The van der Waals surface area contributed by atoms with Crippen LogP contribution in [-0.4, -0.2) is 36.3 Å². The SMILES string of the molecule is O=C(CNC(=O)[C@@H](CSCc1ccccc1)NC(=O)OCc1ccccc1)Oc1c(Cl)c(Cl)c(Cl)c(Cl)c1Cl. The molecule has 0 aromatic heterocycles. The van der Waals surface area contributed by atoms with E-state index in [1.165, 1.54) is 11.8 Å². The maximum atomic E-state index is 12.9. The molecule has 1 atom stereocenters. The monoisotopic (exact) mass is 648 g/mol. The van der Waals surface area contributed by atoms with Crippen molar-refractivity contribution >= 4 is 87.7 Å². The Labute approximate surface area is 254 Å². The van der Waals surface area contributed by atoms with Gasteiger partial charge in [-0.2, -0.15) is 11.8 Å². The topological polar surface area (TPSA) is 93.7 Å². The predicted molar refractivity (Wildman–Crippen MR) is 156 cm³/mol. The van der Waals surface area contributed by atoms with Crippen LogP contribution in [-0.2, 0) is 26.7 Å². The highest BCUT2D eigenvalue weighted by molar-refractivity contribution is 7.98. The van der Waals surface area contributed by atoms with Crippen molar-refractivity contribution in [1.29, 1.82) is 0 Å². The van der Waals surface area contributed by atoms with E-state index in [-0.39, 0.29) is 43.2 Å². The maximum Gasteiger partial charge on any atom is 0.408 e. The molecule has 0 bridgehead atoms. The lowest BCUT2D eigenvalue weighted by Crippen LogP contribution is -2.49. The van der Waals surface area contributed by atoms with Crippen molar-refractivity contribution in [2.45, 2.75) is 18.4 Å². The van der Waals surface area contributed by atoms with Crippen molar-refractivity contribution in [1.82, 2.24) is 10.6 Å². The van der Waals surface area contributed by atoms with Crippen LogP contribution >= 0.6 is 69.8 Å². The summed E-state index contributed by atoms with van der Waals surface area (Å²) < 4.78 is 10.4. The molecule has 206 valence electrons. The Kier molecular flexibility index (Phi) is 12.4. The van der Waals surface area contributed by atoms with E-state index in [0.717, 1.165) is 11.1 Å². The van der Waals surface area contributed by atoms with Crippen LogP contribution in [0.2, 0.25) is 25.1 Å². The fourth-order valence-corrected chi connectivity index (χ4v) is 5.28. The van der Waals surface area contributed by atoms with Crippen LogP contribution in [0.15, 0.2) is 60.7 Å². The van der Waals surface area contributed by atoms with Gasteiger partial charge in [-0.3, -0.25) is 4.79 Å². The number of amides is 2. The molecule has 0 fully saturated rings. The van der Waals surface area contributed by atoms with Gasteiger partial charge in [0.25, 0.3) is 0 Å². The number of esters is 1. The second kappa shape index (κ2) is 15.5. The summed E-state index contributed by atoms with van der Waals surface area (Å²) in [7, 11) is 0. The second-order valence-electron chi connectivity index (χ2n) is 7.85. The quantitative estimate of drug-likeness (QED) is 0.0987. The van der Waals surface area contributed by atoms with Gasteiger partial charge in [-0.05, 0) is 11.1 Å². The fraction of sp³-hybridized carbons (Fsp3) is 0.192. The van der Waals surface area contributed by atoms with E-state index in [9.17, 15) is 14.4 Å². The van der Waals surface area contributed by atoms with Gasteiger partial charge in [0.2, 0.25) is 5.91 Å². The molecule has 0 aliphatic carbocycles. The van der Waals surface area contributed by atoms with E-state index in [4.69, 9.17) is 67.5 Å². The number of halogens is 5. The van der Waals surface area contributed by atoms with E-state index < -0.39 is 30.6 Å². The predicted octanol–water partition coefficient (Wildman–Crippen LogP) is 7.20. The normalized spacial score (nSPS) is 11.4. The van der Waals surface area contributed by atoms with E-state index in [1.54, 1.807) is 12.1 Å². The first-order valence-electron chi connectivity index (χ1n) is 11.3. The minimum Gasteiger partial charge on any atom is -0.445 e. The lowest BCUT2D eigenvalue weighted by atomic mass is 10.2. The molecule has 0 saturated heterocycles. The molecule has 3 rings (SSSR count). The van der Waals surface area contributed by atoms with Crippen molar-refractivity contribution < 1.29 is 23.9 Å². The molecule has 0 aliphatic rings. The summed E-state index contributed by atoms with van der Waals surface area (Å²) in [6, 6.07) is 17.7. The van der Waals surface area contributed by atoms with Crippen molar-refractivity contribution in [2.24, 2.45) is 0 Å². The molecule has 3 aromatic rings. The van der Waals surface area contributed by atoms with Gasteiger partial charge in [0.05, 0.1) is 15.1 Å². The van der Waals surface area contributed by atoms with Crippen LogP contribution in [0.1, 0.15) is 11.1 Å². The van der Waals surface area contributed by atoms with Crippen molar-refractivity contribution in [3.8, 4) is 5.75 Å². The molecular weight excluding hydrogens is 630 g/mol. The molecule has 0 aliphatic heterocycles. The molecule has 3 aromatic carbocycles. The number of nitrogens with one attached hydrogen (secondary N) is 2. The Hall–Kier alpha value is -2.33. The van der Waals surface area contributed by atoms with E-state index >= 15 is 0 Å². The van der Waals surface area contributed by atoms with Gasteiger partial charge >= 0.3 is 12.1 Å². The Morgan fingerprint density at radius 1 is 0.769 bits per heavy atom. The minimum absolute atomic E-state index is 0.0260. The van der Waals surface area contributed by atoms with Gasteiger partial charge in [0, 0.05) is 11.5 Å². The third-order valence-corrected chi connectivity index (χ3v) is 8.36. The Bertz CT molecular complexity index is 1290. The Morgan fingerprint density at radius 2 is 1.31 bits per heavy atom. The number of rotatable bonds is 11. The largest absolute Gasteiger partial charge is 0.445 e. The average Bonchev–Trinajstić information content (AvgIpc) is 2.95. The fourth-order valence-electron chi connectivity index (χ4n) is 3.07. The van der Waals surface area contributed by atoms with Crippen LogP contribution in [0.25, 0.3) is 0 Å². The standard InChI is InChI=1S/C26H21Cl5N2O5S/c27-19-20(28)22(30)24(23(31)21(19)29)38-18(34)11-32-25(35)17(14-39-13-16-9-5-2-6-10-16)33-26(36)37-12-15-7-3-1-4-8-15/h1-10,17H,11-14H2,(H,32,35)(H,33,36)/t17-/m1/s1. The highest BCUT2D eigenvalue weighted by Crippen LogP contribution is 2.48. The first kappa shape index (κ1) is 31.2. The lowest BCUT2D eigenvalue weighted by Gasteiger charge is -2.18. The van der Waals surface area contributed by atoms with E-state index in [2.05, 4.69) is 10.6 Å². The number of alkyl carbamates (subject to hydrolysis) is 1. The zero-order valence-corrected chi connectivity index (χ0v) is 24.6. The Balaban J connectivity index is 1.60. The van der Waals surface area contributed by atoms with Crippen LogP contribution in [0, 0.1) is 0 Å².